The Morgan fingerprint density at radius 2 is 1.76 bits per heavy atom. The first-order chi connectivity index (χ1) is 8.18. The average molecular weight is 232 g/mol. The van der Waals surface area contributed by atoms with Crippen LogP contribution in [0, 0.1) is 0 Å². The first-order valence-corrected chi connectivity index (χ1v) is 5.54. The van der Waals surface area contributed by atoms with Crippen molar-refractivity contribution < 1.29 is 13.6 Å². The predicted octanol–water partition coefficient (Wildman–Crippen LogP) is 3.39. The number of rotatable bonds is 2. The Kier molecular flexibility index (Phi) is 2.21. The Morgan fingerprint density at radius 1 is 1.06 bits per heavy atom. The van der Waals surface area contributed by atoms with Crippen molar-refractivity contribution in [3.63, 3.8) is 0 Å². The van der Waals surface area contributed by atoms with E-state index in [2.05, 4.69) is 0 Å². The summed E-state index contributed by atoms with van der Waals surface area (Å²) in [5.74, 6) is -1.08. The molecule has 0 heterocycles. The Morgan fingerprint density at radius 3 is 2.47 bits per heavy atom. The molecule has 0 N–H and O–H groups in total. The fraction of sp³-hybridized carbons (Fsp3) is 0.214. The van der Waals surface area contributed by atoms with Gasteiger partial charge in [-0.25, -0.2) is 8.78 Å². The maximum absolute atomic E-state index is 12.5. The summed E-state index contributed by atoms with van der Waals surface area (Å²) < 4.78 is 25.0. The number of Topliss-reactive ketones (excluding diaryl/α,β-unsaturated/α-hetero) is 1. The van der Waals surface area contributed by atoms with Gasteiger partial charge in [0.2, 0.25) is 5.78 Å². The van der Waals surface area contributed by atoms with Crippen LogP contribution in [0.5, 0.6) is 0 Å². The molecule has 1 aliphatic carbocycles. The minimum Gasteiger partial charge on any atom is -0.288 e. The molecule has 1 nitrogen and oxygen atoms in total. The number of alkyl halides is 2. The van der Waals surface area contributed by atoms with E-state index in [-0.39, 0.29) is 5.56 Å². The lowest BCUT2D eigenvalue weighted by molar-refractivity contribution is 0.0680. The average Bonchev–Trinajstić information content (AvgIpc) is 2.74. The molecule has 17 heavy (non-hydrogen) atoms. The third-order valence-electron chi connectivity index (χ3n) is 3.34. The fourth-order valence-corrected chi connectivity index (χ4v) is 2.58. The van der Waals surface area contributed by atoms with E-state index >= 15 is 0 Å². The van der Waals surface area contributed by atoms with Gasteiger partial charge in [0.1, 0.15) is 0 Å². The van der Waals surface area contributed by atoms with Gasteiger partial charge in [0, 0.05) is 5.56 Å². The van der Waals surface area contributed by atoms with Crippen molar-refractivity contribution in [3.05, 3.63) is 47.0 Å². The molecule has 0 radical (unpaired) electrons. The summed E-state index contributed by atoms with van der Waals surface area (Å²) in [5.41, 5.74) is 2.45. The monoisotopic (exact) mass is 232 g/mol. The molecule has 0 saturated heterocycles. The fourth-order valence-electron chi connectivity index (χ4n) is 2.58. The number of carbonyl (C=O) groups is 1. The van der Waals surface area contributed by atoms with Gasteiger partial charge in [0.05, 0.1) is 0 Å². The molecule has 0 aliphatic heterocycles. The van der Waals surface area contributed by atoms with E-state index in [1.165, 1.54) is 6.07 Å². The molecule has 2 aromatic rings. The van der Waals surface area contributed by atoms with Crippen LogP contribution in [0.1, 0.15) is 21.5 Å². The predicted molar refractivity (Wildman–Crippen MR) is 61.7 cm³/mol. The lowest BCUT2D eigenvalue weighted by atomic mass is 9.98. The molecule has 0 unspecified atom stereocenters. The largest absolute Gasteiger partial charge is 0.300 e. The van der Waals surface area contributed by atoms with E-state index < -0.39 is 12.2 Å². The Labute approximate surface area is 97.1 Å². The number of hydrogen-bond acceptors (Lipinski definition) is 1. The summed E-state index contributed by atoms with van der Waals surface area (Å²) in [6.45, 7) is 0. The van der Waals surface area contributed by atoms with Gasteiger partial charge in [-0.2, -0.15) is 0 Å². The van der Waals surface area contributed by atoms with Crippen LogP contribution in [0.15, 0.2) is 30.3 Å². The zero-order valence-electron chi connectivity index (χ0n) is 9.04. The van der Waals surface area contributed by atoms with Crippen molar-refractivity contribution in [2.24, 2.45) is 0 Å². The maximum atomic E-state index is 12.5. The summed E-state index contributed by atoms with van der Waals surface area (Å²) in [6, 6.07) is 8.91. The second-order valence-electron chi connectivity index (χ2n) is 4.28. The number of carbonyl (C=O) groups excluding carboxylic acids is 1. The van der Waals surface area contributed by atoms with E-state index in [1.807, 2.05) is 12.1 Å². The van der Waals surface area contributed by atoms with Crippen LogP contribution < -0.4 is 0 Å². The molecule has 1 aliphatic rings. The third-order valence-corrected chi connectivity index (χ3v) is 3.34. The minimum atomic E-state index is -2.94. The molecule has 0 spiro atoms. The van der Waals surface area contributed by atoms with Crippen molar-refractivity contribution in [2.75, 3.05) is 0 Å². The molecular weight excluding hydrogens is 222 g/mol. The summed E-state index contributed by atoms with van der Waals surface area (Å²) in [4.78, 5) is 11.5. The van der Waals surface area contributed by atoms with Gasteiger partial charge in [-0.3, -0.25) is 4.79 Å². The van der Waals surface area contributed by atoms with Crippen molar-refractivity contribution in [1.29, 1.82) is 0 Å². The number of aryl methyl sites for hydroxylation is 2. The molecule has 0 atom stereocenters. The van der Waals surface area contributed by atoms with Crippen LogP contribution in [-0.4, -0.2) is 12.2 Å². The van der Waals surface area contributed by atoms with E-state index in [0.717, 1.165) is 29.4 Å². The van der Waals surface area contributed by atoms with Gasteiger partial charge < -0.3 is 0 Å². The summed E-state index contributed by atoms with van der Waals surface area (Å²) in [7, 11) is 0. The zero-order valence-corrected chi connectivity index (χ0v) is 9.04. The van der Waals surface area contributed by atoms with Gasteiger partial charge in [-0.1, -0.05) is 30.3 Å². The second-order valence-corrected chi connectivity index (χ2v) is 4.28. The number of hydrogen-bond donors (Lipinski definition) is 0. The number of benzene rings is 2. The zero-order chi connectivity index (χ0) is 12.0. The maximum Gasteiger partial charge on any atom is 0.300 e. The summed E-state index contributed by atoms with van der Waals surface area (Å²) in [5, 5.41) is 1.67. The first kappa shape index (κ1) is 10.4. The van der Waals surface area contributed by atoms with Crippen LogP contribution in [-0.2, 0) is 12.8 Å². The highest BCUT2D eigenvalue weighted by Crippen LogP contribution is 2.33. The summed E-state index contributed by atoms with van der Waals surface area (Å²) >= 11 is 0. The molecule has 2 aromatic carbocycles. The van der Waals surface area contributed by atoms with Gasteiger partial charge in [-0.15, -0.1) is 0 Å². The Bertz CT molecular complexity index is 607. The van der Waals surface area contributed by atoms with Crippen LogP contribution in [0.4, 0.5) is 8.78 Å². The van der Waals surface area contributed by atoms with Gasteiger partial charge >= 0.3 is 6.43 Å². The van der Waals surface area contributed by atoms with E-state index in [9.17, 15) is 13.6 Å². The first-order valence-electron chi connectivity index (χ1n) is 5.54. The molecule has 86 valence electrons. The van der Waals surface area contributed by atoms with E-state index in [0.29, 0.717) is 5.39 Å². The molecular formula is C14H10F2O. The summed E-state index contributed by atoms with van der Waals surface area (Å²) in [6.07, 6.45) is -1.08. The standard InChI is InChI=1S/C14H10F2O/c15-14(16)13(17)11-7-6-9-5-4-8-2-1-3-10(11)12(8)9/h1-3,6-7,14H,4-5H2. The highest BCUT2D eigenvalue weighted by Gasteiger charge is 2.23. The molecule has 0 amide bonds. The SMILES string of the molecule is O=C(c1ccc2c3c(cccc13)CC2)C(F)F. The van der Waals surface area contributed by atoms with Crippen LogP contribution in [0.25, 0.3) is 10.8 Å². The van der Waals surface area contributed by atoms with Crippen molar-refractivity contribution in [1.82, 2.24) is 0 Å². The lowest BCUT2D eigenvalue weighted by Crippen LogP contribution is -2.10. The Hall–Kier alpha value is -1.77. The Balaban J connectivity index is 2.32. The third kappa shape index (κ3) is 1.46. The van der Waals surface area contributed by atoms with Crippen LogP contribution in [0.2, 0.25) is 0 Å². The highest BCUT2D eigenvalue weighted by atomic mass is 19.3. The minimum absolute atomic E-state index is 0.141. The lowest BCUT2D eigenvalue weighted by Gasteiger charge is -2.07. The van der Waals surface area contributed by atoms with E-state index in [1.54, 1.807) is 12.1 Å². The van der Waals surface area contributed by atoms with Crippen molar-refractivity contribution in [2.45, 2.75) is 19.3 Å². The number of ketones is 1. The van der Waals surface area contributed by atoms with Gasteiger partial charge in [0.25, 0.3) is 0 Å². The second kappa shape index (κ2) is 3.62. The van der Waals surface area contributed by atoms with E-state index in [4.69, 9.17) is 0 Å². The smallest absolute Gasteiger partial charge is 0.288 e. The van der Waals surface area contributed by atoms with Crippen LogP contribution in [0.3, 0.4) is 0 Å². The topological polar surface area (TPSA) is 17.1 Å². The molecule has 3 heteroatoms. The van der Waals surface area contributed by atoms with Gasteiger partial charge in [0.15, 0.2) is 0 Å². The molecule has 0 saturated carbocycles. The molecule has 0 bridgehead atoms. The van der Waals surface area contributed by atoms with Gasteiger partial charge in [-0.05, 0) is 34.7 Å². The molecule has 3 rings (SSSR count). The highest BCUT2D eigenvalue weighted by molar-refractivity contribution is 6.11. The van der Waals surface area contributed by atoms with Crippen LogP contribution >= 0.6 is 0 Å². The van der Waals surface area contributed by atoms with Crippen molar-refractivity contribution >= 4 is 16.6 Å². The number of halogens is 2. The molecule has 0 aromatic heterocycles. The molecule has 0 fully saturated rings. The quantitative estimate of drug-likeness (QED) is 0.725. The van der Waals surface area contributed by atoms with Crippen molar-refractivity contribution in [3.8, 4) is 0 Å². The normalized spacial score (nSPS) is 13.6.